The van der Waals surface area contributed by atoms with Crippen LogP contribution in [0.1, 0.15) is 41.7 Å². The van der Waals surface area contributed by atoms with Crippen molar-refractivity contribution >= 4 is 11.8 Å². The normalized spacial score (nSPS) is 26.4. The Morgan fingerprint density at radius 1 is 1.40 bits per heavy atom. The lowest BCUT2D eigenvalue weighted by molar-refractivity contribution is -0.00934. The lowest BCUT2D eigenvalue weighted by Crippen LogP contribution is -2.53. The number of fused-ring (bicyclic) bond motifs is 1. The van der Waals surface area contributed by atoms with Gasteiger partial charge in [0.2, 0.25) is 0 Å². The van der Waals surface area contributed by atoms with Crippen LogP contribution in [0.25, 0.3) is 0 Å². The molecule has 0 aromatic carbocycles. The number of aromatic carboxylic acids is 1. The molecule has 1 aromatic heterocycles. The summed E-state index contributed by atoms with van der Waals surface area (Å²) in [6.45, 7) is 3.15. The zero-order valence-corrected chi connectivity index (χ0v) is 12.0. The van der Waals surface area contributed by atoms with Gasteiger partial charge in [0.25, 0.3) is 0 Å². The second-order valence-corrected chi connectivity index (χ2v) is 5.67. The number of carbonyl (C=O) groups is 1. The molecule has 110 valence electrons. The van der Waals surface area contributed by atoms with Gasteiger partial charge in [-0.3, -0.25) is 4.68 Å². The summed E-state index contributed by atoms with van der Waals surface area (Å²) in [5.74, 6) is -0.167. The molecule has 0 spiro atoms. The number of morpholine rings is 1. The smallest absolute Gasteiger partial charge is 0.341 e. The van der Waals surface area contributed by atoms with Gasteiger partial charge in [-0.05, 0) is 19.8 Å². The zero-order valence-electron chi connectivity index (χ0n) is 12.0. The van der Waals surface area contributed by atoms with Gasteiger partial charge < -0.3 is 14.7 Å². The predicted molar refractivity (Wildman–Crippen MR) is 74.2 cm³/mol. The molecule has 2 heterocycles. The fraction of sp³-hybridized carbons (Fsp3) is 0.714. The Labute approximate surface area is 118 Å². The highest BCUT2D eigenvalue weighted by molar-refractivity contribution is 5.95. The topological polar surface area (TPSA) is 67.6 Å². The van der Waals surface area contributed by atoms with Crippen LogP contribution in [0.5, 0.6) is 0 Å². The number of hydrogen-bond donors (Lipinski definition) is 1. The third-order valence-corrected chi connectivity index (χ3v) is 4.41. The Morgan fingerprint density at radius 2 is 2.15 bits per heavy atom. The Hall–Kier alpha value is -1.56. The van der Waals surface area contributed by atoms with Crippen LogP contribution in [0.15, 0.2) is 0 Å². The molecule has 3 rings (SSSR count). The van der Waals surface area contributed by atoms with Gasteiger partial charge in [-0.2, -0.15) is 5.10 Å². The third-order valence-electron chi connectivity index (χ3n) is 4.41. The number of nitrogens with zero attached hydrogens (tertiary/aromatic N) is 3. The second-order valence-electron chi connectivity index (χ2n) is 5.67. The van der Waals surface area contributed by atoms with Gasteiger partial charge in [0.05, 0.1) is 24.4 Å². The van der Waals surface area contributed by atoms with Crippen LogP contribution in [-0.4, -0.2) is 46.2 Å². The molecule has 1 aliphatic heterocycles. The maximum Gasteiger partial charge on any atom is 0.341 e. The molecule has 2 aliphatic rings. The van der Waals surface area contributed by atoms with Crippen LogP contribution in [-0.2, 0) is 11.8 Å². The van der Waals surface area contributed by atoms with Crippen molar-refractivity contribution in [2.45, 2.75) is 44.8 Å². The average molecular weight is 279 g/mol. The van der Waals surface area contributed by atoms with E-state index in [1.165, 1.54) is 12.8 Å². The molecular formula is C14H21N3O3. The molecule has 1 saturated carbocycles. The van der Waals surface area contributed by atoms with E-state index in [2.05, 4.69) is 10.00 Å². The quantitative estimate of drug-likeness (QED) is 0.890. The number of carboxylic acid groups (broad SMARTS) is 1. The molecule has 1 saturated heterocycles. The van der Waals surface area contributed by atoms with E-state index in [1.807, 2.05) is 7.05 Å². The summed E-state index contributed by atoms with van der Waals surface area (Å²) in [5, 5.41) is 13.8. The minimum atomic E-state index is -0.899. The number of rotatable bonds is 2. The van der Waals surface area contributed by atoms with Crippen molar-refractivity contribution < 1.29 is 14.6 Å². The fourth-order valence-corrected chi connectivity index (χ4v) is 3.59. The maximum absolute atomic E-state index is 11.5. The van der Waals surface area contributed by atoms with E-state index in [1.54, 1.807) is 11.6 Å². The Kier molecular flexibility index (Phi) is 3.41. The molecule has 2 fully saturated rings. The summed E-state index contributed by atoms with van der Waals surface area (Å²) < 4.78 is 7.57. The first-order valence-electron chi connectivity index (χ1n) is 7.24. The summed E-state index contributed by atoms with van der Waals surface area (Å²) in [6.07, 6.45) is 4.74. The summed E-state index contributed by atoms with van der Waals surface area (Å²) in [4.78, 5) is 13.8. The highest BCUT2D eigenvalue weighted by Crippen LogP contribution is 2.34. The number of carboxylic acids is 1. The van der Waals surface area contributed by atoms with Crippen molar-refractivity contribution in [3.63, 3.8) is 0 Å². The first-order valence-corrected chi connectivity index (χ1v) is 7.24. The van der Waals surface area contributed by atoms with Crippen molar-refractivity contribution in [2.75, 3.05) is 18.1 Å². The largest absolute Gasteiger partial charge is 0.477 e. The van der Waals surface area contributed by atoms with E-state index < -0.39 is 5.97 Å². The standard InChI is InChI=1S/C14H21N3O3/c1-9-12(14(18)19)13(16(2)15-9)17-7-8-20-11-6-4-3-5-10(11)17/h10-11H,3-8H2,1-2H3,(H,18,19). The SMILES string of the molecule is Cc1nn(C)c(N2CCOC3CCCCC32)c1C(=O)O. The lowest BCUT2D eigenvalue weighted by atomic mass is 9.90. The maximum atomic E-state index is 11.5. The van der Waals surface area contributed by atoms with Crippen molar-refractivity contribution in [1.82, 2.24) is 9.78 Å². The fourth-order valence-electron chi connectivity index (χ4n) is 3.59. The number of aromatic nitrogens is 2. The van der Waals surface area contributed by atoms with Gasteiger partial charge in [-0.1, -0.05) is 12.8 Å². The number of aryl methyl sites for hydroxylation is 2. The van der Waals surface area contributed by atoms with Crippen molar-refractivity contribution in [2.24, 2.45) is 7.05 Å². The van der Waals surface area contributed by atoms with E-state index in [4.69, 9.17) is 4.74 Å². The minimum Gasteiger partial charge on any atom is -0.477 e. The molecule has 1 aromatic rings. The highest BCUT2D eigenvalue weighted by atomic mass is 16.5. The van der Waals surface area contributed by atoms with E-state index >= 15 is 0 Å². The van der Waals surface area contributed by atoms with Crippen LogP contribution in [0, 0.1) is 6.92 Å². The average Bonchev–Trinajstić information content (AvgIpc) is 2.73. The van der Waals surface area contributed by atoms with Gasteiger partial charge in [-0.25, -0.2) is 4.79 Å². The minimum absolute atomic E-state index is 0.231. The van der Waals surface area contributed by atoms with Gasteiger partial charge >= 0.3 is 5.97 Å². The van der Waals surface area contributed by atoms with Crippen molar-refractivity contribution in [3.8, 4) is 0 Å². The molecule has 1 N–H and O–H groups in total. The van der Waals surface area contributed by atoms with Gasteiger partial charge in [0, 0.05) is 13.6 Å². The van der Waals surface area contributed by atoms with Crippen LogP contribution >= 0.6 is 0 Å². The van der Waals surface area contributed by atoms with Crippen LogP contribution in [0.2, 0.25) is 0 Å². The summed E-state index contributed by atoms with van der Waals surface area (Å²) in [7, 11) is 1.82. The number of anilines is 1. The summed E-state index contributed by atoms with van der Waals surface area (Å²) in [5.41, 5.74) is 0.910. The summed E-state index contributed by atoms with van der Waals surface area (Å²) in [6, 6.07) is 0.283. The molecular weight excluding hydrogens is 258 g/mol. The molecule has 2 unspecified atom stereocenters. The van der Waals surface area contributed by atoms with E-state index in [9.17, 15) is 9.90 Å². The Morgan fingerprint density at radius 3 is 2.90 bits per heavy atom. The molecule has 2 atom stereocenters. The lowest BCUT2D eigenvalue weighted by Gasteiger charge is -2.44. The van der Waals surface area contributed by atoms with Crippen molar-refractivity contribution in [3.05, 3.63) is 11.3 Å². The van der Waals surface area contributed by atoms with Crippen molar-refractivity contribution in [1.29, 1.82) is 0 Å². The number of ether oxygens (including phenoxy) is 1. The molecule has 0 bridgehead atoms. The van der Waals surface area contributed by atoms with Crippen LogP contribution in [0.3, 0.4) is 0 Å². The molecule has 0 amide bonds. The van der Waals surface area contributed by atoms with E-state index in [0.717, 1.165) is 25.2 Å². The molecule has 20 heavy (non-hydrogen) atoms. The highest BCUT2D eigenvalue weighted by Gasteiger charge is 2.37. The second kappa shape index (κ2) is 5.09. The van der Waals surface area contributed by atoms with Crippen LogP contribution < -0.4 is 4.90 Å². The Balaban J connectivity index is 2.01. The first kappa shape index (κ1) is 13.4. The third kappa shape index (κ3) is 2.08. The number of hydrogen-bond acceptors (Lipinski definition) is 4. The molecule has 1 aliphatic carbocycles. The predicted octanol–water partition coefficient (Wildman–Crippen LogP) is 1.57. The van der Waals surface area contributed by atoms with Crippen LogP contribution in [0.4, 0.5) is 5.82 Å². The molecule has 6 heteroatoms. The van der Waals surface area contributed by atoms with Gasteiger partial charge in [0.15, 0.2) is 0 Å². The van der Waals surface area contributed by atoms with E-state index in [-0.39, 0.29) is 12.1 Å². The monoisotopic (exact) mass is 279 g/mol. The first-order chi connectivity index (χ1) is 9.59. The molecule has 0 radical (unpaired) electrons. The molecule has 6 nitrogen and oxygen atoms in total. The van der Waals surface area contributed by atoms with E-state index in [0.29, 0.717) is 17.9 Å². The van der Waals surface area contributed by atoms with Gasteiger partial charge in [0.1, 0.15) is 11.4 Å². The Bertz CT molecular complexity index is 524. The zero-order chi connectivity index (χ0) is 14.3. The summed E-state index contributed by atoms with van der Waals surface area (Å²) >= 11 is 0. The van der Waals surface area contributed by atoms with Gasteiger partial charge in [-0.15, -0.1) is 0 Å².